The van der Waals surface area contributed by atoms with Gasteiger partial charge in [-0.2, -0.15) is 0 Å². The molecule has 160 valence electrons. The standard InChI is InChI=1S/C30H36N/c1-5-24-10-19(2)11-28(20(24)3)29-27-7-6-26(15-25(27)8-9-31(29)4)30-16-21-12-22(17-30)14-23(13-21)18-30/h6-11,15,21-23H,5,12-14,16-18H2,1-4H3/q+1/i2D3,5D2. The molecule has 7 rings (SSSR count). The Morgan fingerprint density at radius 3 is 2.39 bits per heavy atom. The molecule has 0 amide bonds. The zero-order valence-corrected chi connectivity index (χ0v) is 19.0. The van der Waals surface area contributed by atoms with E-state index in [4.69, 9.17) is 6.85 Å². The van der Waals surface area contributed by atoms with Crippen LogP contribution >= 0.6 is 0 Å². The Hall–Kier alpha value is -2.15. The highest BCUT2D eigenvalue weighted by atomic mass is 14.9. The first-order chi connectivity index (χ1) is 16.8. The van der Waals surface area contributed by atoms with Gasteiger partial charge >= 0.3 is 0 Å². The Labute approximate surface area is 194 Å². The van der Waals surface area contributed by atoms with Crippen molar-refractivity contribution in [3.8, 4) is 11.3 Å². The van der Waals surface area contributed by atoms with Gasteiger partial charge in [-0.25, -0.2) is 4.57 Å². The van der Waals surface area contributed by atoms with Crippen molar-refractivity contribution in [3.63, 3.8) is 0 Å². The number of pyridine rings is 1. The van der Waals surface area contributed by atoms with E-state index in [2.05, 4.69) is 30.5 Å². The fourth-order valence-corrected chi connectivity index (χ4v) is 7.72. The van der Waals surface area contributed by atoms with Crippen LogP contribution < -0.4 is 4.57 Å². The number of aromatic nitrogens is 1. The second kappa shape index (κ2) is 6.92. The largest absolute Gasteiger partial charge is 0.220 e. The van der Waals surface area contributed by atoms with Crippen LogP contribution in [0, 0.1) is 31.5 Å². The van der Waals surface area contributed by atoms with Gasteiger partial charge in [-0.1, -0.05) is 25.1 Å². The number of benzene rings is 2. The second-order valence-corrected chi connectivity index (χ2v) is 10.7. The van der Waals surface area contributed by atoms with E-state index in [1.54, 1.807) is 6.07 Å². The summed E-state index contributed by atoms with van der Waals surface area (Å²) in [5, 5.41) is 2.26. The van der Waals surface area contributed by atoms with E-state index in [-0.39, 0.29) is 5.56 Å². The van der Waals surface area contributed by atoms with Crippen LogP contribution in [0.4, 0.5) is 0 Å². The van der Waals surface area contributed by atoms with Crippen LogP contribution in [0.15, 0.2) is 42.6 Å². The molecule has 1 aromatic heterocycles. The van der Waals surface area contributed by atoms with Crippen LogP contribution in [-0.2, 0) is 18.8 Å². The van der Waals surface area contributed by atoms with Gasteiger partial charge in [0.05, 0.1) is 10.9 Å². The van der Waals surface area contributed by atoms with Gasteiger partial charge in [0, 0.05) is 12.9 Å². The molecule has 0 aliphatic heterocycles. The summed E-state index contributed by atoms with van der Waals surface area (Å²) in [7, 11) is 1.99. The third-order valence-corrected chi connectivity index (χ3v) is 8.72. The van der Waals surface area contributed by atoms with E-state index in [0.717, 1.165) is 40.0 Å². The summed E-state index contributed by atoms with van der Waals surface area (Å²) in [5.74, 6) is 2.68. The normalized spacial score (nSPS) is 32.4. The molecule has 4 fully saturated rings. The third kappa shape index (κ3) is 2.99. The van der Waals surface area contributed by atoms with Crippen LogP contribution in [0.5, 0.6) is 0 Å². The lowest BCUT2D eigenvalue weighted by Gasteiger charge is -2.57. The van der Waals surface area contributed by atoms with Gasteiger partial charge in [-0.3, -0.25) is 0 Å². The average molecular weight is 416 g/mol. The van der Waals surface area contributed by atoms with Crippen LogP contribution in [-0.4, -0.2) is 0 Å². The molecular weight excluding hydrogens is 374 g/mol. The zero-order chi connectivity index (χ0) is 25.6. The number of hydrogen-bond donors (Lipinski definition) is 0. The minimum absolute atomic E-state index is 0.186. The van der Waals surface area contributed by atoms with E-state index in [9.17, 15) is 0 Å². The molecule has 0 N–H and O–H groups in total. The van der Waals surface area contributed by atoms with Crippen molar-refractivity contribution in [2.45, 2.75) is 71.0 Å². The van der Waals surface area contributed by atoms with E-state index in [1.165, 1.54) is 62.5 Å². The maximum atomic E-state index is 8.39. The van der Waals surface area contributed by atoms with Crippen molar-refractivity contribution in [1.29, 1.82) is 0 Å². The maximum absolute atomic E-state index is 8.39. The summed E-state index contributed by atoms with van der Waals surface area (Å²) in [6.45, 7) is 1.11. The Morgan fingerprint density at radius 2 is 1.74 bits per heavy atom. The second-order valence-electron chi connectivity index (χ2n) is 10.7. The number of rotatable bonds is 3. The van der Waals surface area contributed by atoms with Gasteiger partial charge < -0.3 is 0 Å². The molecule has 4 saturated carbocycles. The SMILES string of the molecule is [2H]C([2H])([2H])c1cc(-c2c3ccc(C45CC6CC(CC(C6)C4)C5)cc3cc[n+]2C)c(C)c(C([2H])([2H])C)c1. The number of fused-ring (bicyclic) bond motifs is 1. The lowest BCUT2D eigenvalue weighted by atomic mass is 9.48. The third-order valence-electron chi connectivity index (χ3n) is 8.72. The van der Waals surface area contributed by atoms with Crippen molar-refractivity contribution < 1.29 is 11.4 Å². The lowest BCUT2D eigenvalue weighted by molar-refractivity contribution is -0.659. The molecule has 0 atom stereocenters. The Kier molecular flexibility index (Phi) is 3.31. The highest BCUT2D eigenvalue weighted by molar-refractivity contribution is 5.94. The molecule has 1 heteroatoms. The summed E-state index contributed by atoms with van der Waals surface area (Å²) in [6, 6.07) is 12.4. The predicted octanol–water partition coefficient (Wildman–Crippen LogP) is 6.98. The van der Waals surface area contributed by atoms with Crippen LogP contribution in [0.2, 0.25) is 0 Å². The van der Waals surface area contributed by atoms with Crippen molar-refractivity contribution in [3.05, 3.63) is 64.8 Å². The number of aryl methyl sites for hydroxylation is 3. The quantitative estimate of drug-likeness (QED) is 0.406. The number of hydrogen-bond acceptors (Lipinski definition) is 0. The fraction of sp³-hybridized carbons (Fsp3) is 0.500. The smallest absolute Gasteiger partial charge is 0.200 e. The molecule has 0 radical (unpaired) electrons. The highest BCUT2D eigenvalue weighted by Gasteiger charge is 2.51. The van der Waals surface area contributed by atoms with Gasteiger partial charge in [-0.05, 0) is 122 Å². The van der Waals surface area contributed by atoms with Gasteiger partial charge in [0.1, 0.15) is 7.05 Å². The highest BCUT2D eigenvalue weighted by Crippen LogP contribution is 2.60. The van der Waals surface area contributed by atoms with Crippen molar-refractivity contribution in [2.24, 2.45) is 24.8 Å². The van der Waals surface area contributed by atoms with Crippen LogP contribution in [0.25, 0.3) is 22.0 Å². The predicted molar refractivity (Wildman–Crippen MR) is 129 cm³/mol. The fourth-order valence-electron chi connectivity index (χ4n) is 7.72. The minimum Gasteiger partial charge on any atom is -0.200 e. The zero-order valence-electron chi connectivity index (χ0n) is 24.0. The van der Waals surface area contributed by atoms with Gasteiger partial charge in [-0.15, -0.1) is 0 Å². The molecule has 1 heterocycles. The van der Waals surface area contributed by atoms with Crippen LogP contribution in [0.1, 0.15) is 74.6 Å². The summed E-state index contributed by atoms with van der Waals surface area (Å²) < 4.78 is 43.0. The first kappa shape index (κ1) is 14.8. The molecule has 4 aliphatic rings. The molecule has 31 heavy (non-hydrogen) atoms. The van der Waals surface area contributed by atoms with Gasteiger partial charge in [0.15, 0.2) is 6.20 Å². The Balaban J connectivity index is 1.53. The molecule has 4 bridgehead atoms. The Bertz CT molecular complexity index is 1330. The first-order valence-corrected chi connectivity index (χ1v) is 11.9. The van der Waals surface area contributed by atoms with Gasteiger partial charge in [0.25, 0.3) is 0 Å². The molecule has 4 aliphatic carbocycles. The Morgan fingerprint density at radius 1 is 1.03 bits per heavy atom. The van der Waals surface area contributed by atoms with E-state index in [0.29, 0.717) is 11.0 Å². The molecular formula is C30H36N+. The molecule has 2 aromatic carbocycles. The summed E-state index contributed by atoms with van der Waals surface area (Å²) in [5.41, 5.74) is 4.96. The molecule has 3 aromatic rings. The summed E-state index contributed by atoms with van der Waals surface area (Å²) in [6.07, 6.45) is 8.68. The molecule has 0 spiro atoms. The summed E-state index contributed by atoms with van der Waals surface area (Å²) in [4.78, 5) is 0. The van der Waals surface area contributed by atoms with Crippen molar-refractivity contribution >= 4 is 10.8 Å². The lowest BCUT2D eigenvalue weighted by Crippen LogP contribution is -2.48. The van der Waals surface area contributed by atoms with Crippen molar-refractivity contribution in [2.75, 3.05) is 0 Å². The van der Waals surface area contributed by atoms with Gasteiger partial charge in [0.2, 0.25) is 5.69 Å². The van der Waals surface area contributed by atoms with E-state index in [1.807, 2.05) is 18.5 Å². The van der Waals surface area contributed by atoms with Crippen LogP contribution in [0.3, 0.4) is 0 Å². The summed E-state index contributed by atoms with van der Waals surface area (Å²) >= 11 is 0. The minimum atomic E-state index is -2.31. The first-order valence-electron chi connectivity index (χ1n) is 14.4. The van der Waals surface area contributed by atoms with E-state index < -0.39 is 13.2 Å². The molecule has 0 saturated heterocycles. The van der Waals surface area contributed by atoms with Crippen molar-refractivity contribution in [1.82, 2.24) is 0 Å². The average Bonchev–Trinajstić information content (AvgIpc) is 2.77. The molecule has 1 nitrogen and oxygen atoms in total. The van der Waals surface area contributed by atoms with E-state index >= 15 is 0 Å². The monoisotopic (exact) mass is 415 g/mol. The number of nitrogens with zero attached hydrogens (tertiary/aromatic N) is 1. The molecule has 0 unspecified atom stereocenters. The maximum Gasteiger partial charge on any atom is 0.220 e. The topological polar surface area (TPSA) is 3.88 Å².